The van der Waals surface area contributed by atoms with Gasteiger partial charge in [-0.2, -0.15) is 0 Å². The van der Waals surface area contributed by atoms with Crippen LogP contribution in [0.1, 0.15) is 93.1 Å². The summed E-state index contributed by atoms with van der Waals surface area (Å²) in [6, 6.07) is 9.16. The van der Waals surface area contributed by atoms with Crippen molar-refractivity contribution in [3.63, 3.8) is 0 Å². The van der Waals surface area contributed by atoms with E-state index in [1.54, 1.807) is 4.90 Å². The molecule has 2 aliphatic rings. The molecule has 0 spiro atoms. The maximum atomic E-state index is 13.8. The van der Waals surface area contributed by atoms with Crippen molar-refractivity contribution in [2.75, 3.05) is 13.1 Å². The third-order valence-electron chi connectivity index (χ3n) is 7.69. The summed E-state index contributed by atoms with van der Waals surface area (Å²) < 4.78 is 11.1. The summed E-state index contributed by atoms with van der Waals surface area (Å²) in [5.74, 6) is 0.109. The van der Waals surface area contributed by atoms with Crippen molar-refractivity contribution < 1.29 is 23.9 Å². The highest BCUT2D eigenvalue weighted by atomic mass is 16.6. The average Bonchev–Trinajstić information content (AvgIpc) is 3.25. The van der Waals surface area contributed by atoms with Crippen LogP contribution in [0, 0.1) is 10.8 Å². The Bertz CT molecular complexity index is 986. The fraction of sp³-hybridized carbons (Fsp3) is 0.710. The molecule has 3 amide bonds. The molecule has 1 aromatic rings. The van der Waals surface area contributed by atoms with E-state index in [1.165, 1.54) is 0 Å². The standard InChI is InChI=1S/C31H49N3O5/c1-29(2,3)26(35)34(23-14-16-31(7,8)17-15-23)25-18-24(33(20-25)28(37)39-30(4,5)6)19-32-27(36)38-21-22-12-10-9-11-13-22/h9-13,23-25H,14-21H2,1-8H3,(H,32,36)/t24-,25-/m0/s1. The molecule has 1 saturated carbocycles. The van der Waals surface area contributed by atoms with Crippen molar-refractivity contribution in [2.24, 2.45) is 10.8 Å². The van der Waals surface area contributed by atoms with Gasteiger partial charge in [0.2, 0.25) is 5.91 Å². The van der Waals surface area contributed by atoms with Crippen LogP contribution in [-0.4, -0.2) is 64.7 Å². The topological polar surface area (TPSA) is 88.2 Å². The van der Waals surface area contributed by atoms with E-state index in [9.17, 15) is 14.4 Å². The number of hydrogen-bond donors (Lipinski definition) is 1. The van der Waals surface area contributed by atoms with E-state index < -0.39 is 23.2 Å². The van der Waals surface area contributed by atoms with Crippen LogP contribution in [0.5, 0.6) is 0 Å². The molecular formula is C31H49N3O5. The second kappa shape index (κ2) is 12.2. The summed E-state index contributed by atoms with van der Waals surface area (Å²) in [7, 11) is 0. The molecule has 0 aromatic heterocycles. The van der Waals surface area contributed by atoms with E-state index in [1.807, 2.05) is 71.9 Å². The van der Waals surface area contributed by atoms with Gasteiger partial charge < -0.3 is 24.6 Å². The fourth-order valence-corrected chi connectivity index (χ4v) is 5.49. The highest BCUT2D eigenvalue weighted by Gasteiger charge is 2.46. The van der Waals surface area contributed by atoms with E-state index in [2.05, 4.69) is 24.1 Å². The van der Waals surface area contributed by atoms with Gasteiger partial charge in [-0.3, -0.25) is 4.79 Å². The predicted octanol–water partition coefficient (Wildman–Crippen LogP) is 6.13. The van der Waals surface area contributed by atoms with Crippen LogP contribution < -0.4 is 5.32 Å². The number of carbonyl (C=O) groups excluding carboxylic acids is 3. The van der Waals surface area contributed by atoms with Crippen LogP contribution in [0.2, 0.25) is 0 Å². The molecule has 0 bridgehead atoms. The summed E-state index contributed by atoms with van der Waals surface area (Å²) in [6.45, 7) is 16.7. The molecule has 1 N–H and O–H groups in total. The van der Waals surface area contributed by atoms with Gasteiger partial charge in [0.25, 0.3) is 0 Å². The van der Waals surface area contributed by atoms with E-state index >= 15 is 0 Å². The van der Waals surface area contributed by atoms with Crippen LogP contribution in [0.4, 0.5) is 9.59 Å². The molecule has 2 atom stereocenters. The normalized spacial score (nSPS) is 21.8. The molecular weight excluding hydrogens is 494 g/mol. The Balaban J connectivity index is 1.76. The number of ether oxygens (including phenoxy) is 2. The third kappa shape index (κ3) is 8.87. The highest BCUT2D eigenvalue weighted by Crippen LogP contribution is 2.40. The smallest absolute Gasteiger partial charge is 0.410 e. The average molecular weight is 544 g/mol. The molecule has 1 heterocycles. The summed E-state index contributed by atoms with van der Waals surface area (Å²) in [5.41, 5.74) is -0.0209. The largest absolute Gasteiger partial charge is 0.445 e. The first kappa shape index (κ1) is 30.8. The Kier molecular flexibility index (Phi) is 9.60. The monoisotopic (exact) mass is 543 g/mol. The van der Waals surface area contributed by atoms with Crippen molar-refractivity contribution >= 4 is 18.1 Å². The minimum Gasteiger partial charge on any atom is -0.445 e. The number of likely N-dealkylation sites (tertiary alicyclic amines) is 1. The molecule has 1 aliphatic heterocycles. The molecule has 0 radical (unpaired) electrons. The molecule has 3 rings (SSSR count). The third-order valence-corrected chi connectivity index (χ3v) is 7.69. The number of hydrogen-bond acceptors (Lipinski definition) is 5. The van der Waals surface area contributed by atoms with Gasteiger partial charge in [-0.1, -0.05) is 65.0 Å². The minimum atomic E-state index is -0.655. The van der Waals surface area contributed by atoms with Gasteiger partial charge in [-0.25, -0.2) is 9.59 Å². The van der Waals surface area contributed by atoms with Crippen LogP contribution in [0.25, 0.3) is 0 Å². The lowest BCUT2D eigenvalue weighted by Crippen LogP contribution is -2.53. The van der Waals surface area contributed by atoms with Crippen LogP contribution in [0.15, 0.2) is 30.3 Å². The number of nitrogens with zero attached hydrogens (tertiary/aromatic N) is 2. The Hall–Kier alpha value is -2.77. The second-order valence-corrected chi connectivity index (χ2v) is 14.0. The van der Waals surface area contributed by atoms with E-state index in [-0.39, 0.29) is 42.6 Å². The number of rotatable bonds is 6. The molecule has 1 saturated heterocycles. The number of alkyl carbamates (subject to hydrolysis) is 1. The van der Waals surface area contributed by atoms with Crippen LogP contribution in [-0.2, 0) is 20.9 Å². The summed E-state index contributed by atoms with van der Waals surface area (Å²) in [5, 5.41) is 2.84. The van der Waals surface area contributed by atoms with Gasteiger partial charge in [0, 0.05) is 24.5 Å². The maximum Gasteiger partial charge on any atom is 0.410 e. The zero-order valence-electron chi connectivity index (χ0n) is 25.2. The Morgan fingerprint density at radius 3 is 2.18 bits per heavy atom. The number of carbonyl (C=O) groups is 3. The van der Waals surface area contributed by atoms with Crippen LogP contribution >= 0.6 is 0 Å². The van der Waals surface area contributed by atoms with Crippen molar-refractivity contribution in [3.8, 4) is 0 Å². The number of benzene rings is 1. The van der Waals surface area contributed by atoms with Gasteiger partial charge in [0.05, 0.1) is 12.1 Å². The lowest BCUT2D eigenvalue weighted by Gasteiger charge is -2.45. The Morgan fingerprint density at radius 2 is 1.62 bits per heavy atom. The van der Waals surface area contributed by atoms with E-state index in [0.29, 0.717) is 13.0 Å². The molecule has 1 aliphatic carbocycles. The van der Waals surface area contributed by atoms with Crippen molar-refractivity contribution in [2.45, 2.75) is 118 Å². The van der Waals surface area contributed by atoms with Crippen molar-refractivity contribution in [3.05, 3.63) is 35.9 Å². The van der Waals surface area contributed by atoms with E-state index in [4.69, 9.17) is 9.47 Å². The van der Waals surface area contributed by atoms with Gasteiger partial charge in [0.1, 0.15) is 12.2 Å². The highest BCUT2D eigenvalue weighted by molar-refractivity contribution is 5.82. The molecule has 1 aromatic carbocycles. The SMILES string of the molecule is CC1(C)CCC(N(C(=O)C(C)(C)C)[C@H]2C[C@@H](CNC(=O)OCc3ccccc3)N(C(=O)OC(C)(C)C)C2)CC1. The Morgan fingerprint density at radius 1 is 1.00 bits per heavy atom. The predicted molar refractivity (Wildman–Crippen MR) is 152 cm³/mol. The summed E-state index contributed by atoms with van der Waals surface area (Å²) >= 11 is 0. The van der Waals surface area contributed by atoms with Crippen molar-refractivity contribution in [1.29, 1.82) is 0 Å². The second-order valence-electron chi connectivity index (χ2n) is 14.0. The molecule has 218 valence electrons. The fourth-order valence-electron chi connectivity index (χ4n) is 5.49. The Labute approximate surface area is 234 Å². The van der Waals surface area contributed by atoms with Gasteiger partial charge in [0.15, 0.2) is 0 Å². The summed E-state index contributed by atoms with van der Waals surface area (Å²) in [6.07, 6.45) is 3.63. The van der Waals surface area contributed by atoms with E-state index in [0.717, 1.165) is 31.2 Å². The zero-order chi connectivity index (χ0) is 29.0. The molecule has 39 heavy (non-hydrogen) atoms. The molecule has 8 heteroatoms. The maximum absolute atomic E-state index is 13.8. The quantitative estimate of drug-likeness (QED) is 0.466. The number of amides is 3. The zero-order valence-corrected chi connectivity index (χ0v) is 25.2. The van der Waals surface area contributed by atoms with Gasteiger partial charge in [-0.15, -0.1) is 0 Å². The van der Waals surface area contributed by atoms with Gasteiger partial charge >= 0.3 is 12.2 Å². The first-order valence-corrected chi connectivity index (χ1v) is 14.3. The number of nitrogens with one attached hydrogen (secondary N) is 1. The lowest BCUT2D eigenvalue weighted by atomic mass is 9.74. The first-order chi connectivity index (χ1) is 18.1. The van der Waals surface area contributed by atoms with Crippen LogP contribution in [0.3, 0.4) is 0 Å². The molecule has 0 unspecified atom stereocenters. The lowest BCUT2D eigenvalue weighted by molar-refractivity contribution is -0.146. The van der Waals surface area contributed by atoms with Gasteiger partial charge in [-0.05, 0) is 63.9 Å². The first-order valence-electron chi connectivity index (χ1n) is 14.3. The summed E-state index contributed by atoms with van der Waals surface area (Å²) in [4.78, 5) is 43.4. The van der Waals surface area contributed by atoms with Crippen molar-refractivity contribution in [1.82, 2.24) is 15.1 Å². The molecule has 2 fully saturated rings. The molecule has 8 nitrogen and oxygen atoms in total. The minimum absolute atomic E-state index is 0.109.